The van der Waals surface area contributed by atoms with E-state index in [4.69, 9.17) is 14.5 Å². The molecule has 4 heterocycles. The maximum Gasteiger partial charge on any atom is 0.327 e. The summed E-state index contributed by atoms with van der Waals surface area (Å²) in [5, 5.41) is 3.17. The SMILES string of the molecule is CC1COCCN1c1nc(Oc2ccc(C(=O)N(C)C)cc2)nc(-c2cnc(NC(=O)c3cccnc3)s2)n1. The molecule has 0 radical (unpaired) electrons. The van der Waals surface area contributed by atoms with Gasteiger partial charge in [-0.2, -0.15) is 15.0 Å². The van der Waals surface area contributed by atoms with Crippen molar-refractivity contribution in [3.05, 3.63) is 66.1 Å². The molecular formula is C26H26N8O4S. The van der Waals surface area contributed by atoms with E-state index in [-0.39, 0.29) is 23.9 Å². The van der Waals surface area contributed by atoms with Gasteiger partial charge < -0.3 is 19.3 Å². The van der Waals surface area contributed by atoms with Crippen molar-refractivity contribution in [1.29, 1.82) is 0 Å². The molecule has 1 saturated heterocycles. The fourth-order valence-electron chi connectivity index (χ4n) is 3.79. The Balaban J connectivity index is 1.43. The Morgan fingerprint density at radius 2 is 1.92 bits per heavy atom. The summed E-state index contributed by atoms with van der Waals surface area (Å²) in [6.07, 6.45) is 4.68. The van der Waals surface area contributed by atoms with Gasteiger partial charge in [-0.15, -0.1) is 0 Å². The maximum absolute atomic E-state index is 12.5. The third-order valence-electron chi connectivity index (χ3n) is 5.81. The number of hydrogen-bond acceptors (Lipinski definition) is 11. The number of nitrogens with one attached hydrogen (secondary N) is 1. The van der Waals surface area contributed by atoms with E-state index in [0.717, 1.165) is 0 Å². The molecule has 0 spiro atoms. The van der Waals surface area contributed by atoms with Crippen molar-refractivity contribution in [2.45, 2.75) is 13.0 Å². The predicted molar refractivity (Wildman–Crippen MR) is 145 cm³/mol. The standard InChI is InChI=1S/C26H26N8O4S/c1-16-15-37-12-11-34(16)24-29-21(20-14-28-26(39-20)31-22(35)18-5-4-10-27-13-18)30-25(32-24)38-19-8-6-17(7-9-19)23(36)33(2)3/h4-10,13-14,16H,11-12,15H2,1-3H3,(H,28,31,35). The molecule has 1 atom stereocenters. The van der Waals surface area contributed by atoms with Gasteiger partial charge in [0, 0.05) is 38.6 Å². The Labute approximate surface area is 228 Å². The molecule has 0 aliphatic carbocycles. The van der Waals surface area contributed by atoms with E-state index in [1.165, 1.54) is 22.4 Å². The van der Waals surface area contributed by atoms with Crippen LogP contribution in [0, 0.1) is 0 Å². The molecule has 4 aromatic rings. The highest BCUT2D eigenvalue weighted by Crippen LogP contribution is 2.30. The summed E-state index contributed by atoms with van der Waals surface area (Å²) in [4.78, 5) is 51.0. The summed E-state index contributed by atoms with van der Waals surface area (Å²) in [7, 11) is 3.39. The monoisotopic (exact) mass is 546 g/mol. The van der Waals surface area contributed by atoms with E-state index in [1.54, 1.807) is 62.9 Å². The summed E-state index contributed by atoms with van der Waals surface area (Å²) in [6, 6.07) is 10.3. The number of amides is 2. The summed E-state index contributed by atoms with van der Waals surface area (Å²) in [6.45, 7) is 3.74. The highest BCUT2D eigenvalue weighted by atomic mass is 32.1. The molecule has 1 aliphatic heterocycles. The van der Waals surface area contributed by atoms with Gasteiger partial charge in [-0.05, 0) is 43.3 Å². The number of aromatic nitrogens is 5. The zero-order valence-corrected chi connectivity index (χ0v) is 22.4. The molecule has 2 amide bonds. The smallest absolute Gasteiger partial charge is 0.327 e. The van der Waals surface area contributed by atoms with Crippen LogP contribution in [0.4, 0.5) is 11.1 Å². The second kappa shape index (κ2) is 11.5. The first-order valence-electron chi connectivity index (χ1n) is 12.1. The van der Waals surface area contributed by atoms with E-state index in [1.807, 2.05) is 11.8 Å². The van der Waals surface area contributed by atoms with Crippen LogP contribution in [0.25, 0.3) is 10.7 Å². The minimum atomic E-state index is -0.317. The van der Waals surface area contributed by atoms with Crippen LogP contribution in [0.1, 0.15) is 27.6 Å². The van der Waals surface area contributed by atoms with Gasteiger partial charge in [0.05, 0.1) is 35.9 Å². The van der Waals surface area contributed by atoms with Gasteiger partial charge in [-0.25, -0.2) is 4.98 Å². The summed E-state index contributed by atoms with van der Waals surface area (Å²) < 4.78 is 11.6. The Morgan fingerprint density at radius 1 is 1.10 bits per heavy atom. The molecule has 39 heavy (non-hydrogen) atoms. The first-order chi connectivity index (χ1) is 18.9. The van der Waals surface area contributed by atoms with Crippen molar-refractivity contribution in [1.82, 2.24) is 29.8 Å². The molecule has 1 aromatic carbocycles. The van der Waals surface area contributed by atoms with Crippen LogP contribution >= 0.6 is 11.3 Å². The number of hydrogen-bond donors (Lipinski definition) is 1. The Morgan fingerprint density at radius 3 is 2.64 bits per heavy atom. The first kappa shape index (κ1) is 26.1. The second-order valence-corrected chi connectivity index (χ2v) is 9.94. The molecule has 1 N–H and O–H groups in total. The molecule has 13 heteroatoms. The average molecular weight is 547 g/mol. The summed E-state index contributed by atoms with van der Waals surface area (Å²) in [5.74, 6) is 0.844. The van der Waals surface area contributed by atoms with Crippen molar-refractivity contribution < 1.29 is 19.1 Å². The molecule has 5 rings (SSSR count). The number of morpholine rings is 1. The fraction of sp³-hybridized carbons (Fsp3) is 0.269. The van der Waals surface area contributed by atoms with Crippen LogP contribution in [0.3, 0.4) is 0 Å². The van der Waals surface area contributed by atoms with E-state index in [0.29, 0.717) is 58.4 Å². The maximum atomic E-state index is 12.5. The van der Waals surface area contributed by atoms with Crippen LogP contribution in [-0.2, 0) is 4.74 Å². The minimum absolute atomic E-state index is 0.0500. The van der Waals surface area contributed by atoms with Crippen molar-refractivity contribution in [2.75, 3.05) is 44.1 Å². The third kappa shape index (κ3) is 6.16. The number of thiazole rings is 1. The van der Waals surface area contributed by atoms with Gasteiger partial charge in [0.1, 0.15) is 5.75 Å². The van der Waals surface area contributed by atoms with Gasteiger partial charge in [-0.3, -0.25) is 19.9 Å². The van der Waals surface area contributed by atoms with Crippen molar-refractivity contribution >= 4 is 34.2 Å². The molecule has 1 fully saturated rings. The Hall–Kier alpha value is -4.49. The number of carbonyl (C=O) groups is 2. The number of ether oxygens (including phenoxy) is 2. The molecule has 0 saturated carbocycles. The zero-order chi connectivity index (χ0) is 27.4. The van der Waals surface area contributed by atoms with Gasteiger partial charge in [0.25, 0.3) is 11.8 Å². The molecule has 12 nitrogen and oxygen atoms in total. The van der Waals surface area contributed by atoms with Crippen molar-refractivity contribution in [3.63, 3.8) is 0 Å². The van der Waals surface area contributed by atoms with Gasteiger partial charge >= 0.3 is 6.01 Å². The lowest BCUT2D eigenvalue weighted by Crippen LogP contribution is -2.44. The number of pyridine rings is 1. The Kier molecular flexibility index (Phi) is 7.70. The van der Waals surface area contributed by atoms with E-state index in [2.05, 4.69) is 25.3 Å². The van der Waals surface area contributed by atoms with Crippen molar-refractivity contribution in [2.24, 2.45) is 0 Å². The van der Waals surface area contributed by atoms with E-state index in [9.17, 15) is 9.59 Å². The zero-order valence-electron chi connectivity index (χ0n) is 21.6. The molecule has 3 aromatic heterocycles. The third-order valence-corrected chi connectivity index (χ3v) is 6.72. The number of nitrogens with zero attached hydrogens (tertiary/aromatic N) is 7. The predicted octanol–water partition coefficient (Wildman–Crippen LogP) is 3.36. The van der Waals surface area contributed by atoms with Crippen LogP contribution in [0.2, 0.25) is 0 Å². The lowest BCUT2D eigenvalue weighted by atomic mass is 10.2. The van der Waals surface area contributed by atoms with Gasteiger partial charge in [-0.1, -0.05) is 11.3 Å². The number of rotatable bonds is 7. The van der Waals surface area contributed by atoms with E-state index >= 15 is 0 Å². The number of carbonyl (C=O) groups excluding carboxylic acids is 2. The normalized spacial score (nSPS) is 15.1. The largest absolute Gasteiger partial charge is 0.424 e. The highest BCUT2D eigenvalue weighted by Gasteiger charge is 2.24. The number of benzene rings is 1. The lowest BCUT2D eigenvalue weighted by molar-refractivity contribution is 0.0827. The lowest BCUT2D eigenvalue weighted by Gasteiger charge is -2.33. The van der Waals surface area contributed by atoms with Crippen LogP contribution in [0.15, 0.2) is 55.0 Å². The molecule has 200 valence electrons. The minimum Gasteiger partial charge on any atom is -0.424 e. The van der Waals surface area contributed by atoms with Gasteiger partial charge in [0.2, 0.25) is 5.95 Å². The van der Waals surface area contributed by atoms with E-state index < -0.39 is 0 Å². The number of anilines is 2. The summed E-state index contributed by atoms with van der Waals surface area (Å²) in [5.41, 5.74) is 0.962. The fourth-order valence-corrected chi connectivity index (χ4v) is 4.53. The summed E-state index contributed by atoms with van der Waals surface area (Å²) >= 11 is 1.23. The molecule has 0 bridgehead atoms. The van der Waals surface area contributed by atoms with Crippen LogP contribution in [0.5, 0.6) is 11.8 Å². The first-order valence-corrected chi connectivity index (χ1v) is 13.0. The van der Waals surface area contributed by atoms with Crippen LogP contribution in [-0.4, -0.2) is 81.5 Å². The topological polar surface area (TPSA) is 136 Å². The molecular weight excluding hydrogens is 520 g/mol. The quantitative estimate of drug-likeness (QED) is 0.367. The molecule has 1 unspecified atom stereocenters. The second-order valence-electron chi connectivity index (χ2n) is 8.91. The molecule has 1 aliphatic rings. The highest BCUT2D eigenvalue weighted by molar-refractivity contribution is 7.19. The average Bonchev–Trinajstić information content (AvgIpc) is 3.42. The van der Waals surface area contributed by atoms with Crippen molar-refractivity contribution in [3.8, 4) is 22.5 Å². The van der Waals surface area contributed by atoms with Gasteiger partial charge in [0.15, 0.2) is 11.0 Å². The Bertz CT molecular complexity index is 1460. The van der Waals surface area contributed by atoms with Crippen LogP contribution < -0.4 is 15.0 Å².